The number of benzene rings is 1. The Bertz CT molecular complexity index is 715. The van der Waals surface area contributed by atoms with E-state index in [9.17, 15) is 0 Å². The molecule has 2 aliphatic heterocycles. The quantitative estimate of drug-likeness (QED) is 0.906. The normalized spacial score (nSPS) is 21.8. The number of aryl methyl sites for hydroxylation is 1. The zero-order valence-electron chi connectivity index (χ0n) is 14.9. The lowest BCUT2D eigenvalue weighted by Gasteiger charge is -2.25. The lowest BCUT2D eigenvalue weighted by atomic mass is 9.94. The van der Waals surface area contributed by atoms with Crippen molar-refractivity contribution in [2.45, 2.75) is 51.7 Å². The van der Waals surface area contributed by atoms with Crippen LogP contribution in [0.2, 0.25) is 0 Å². The highest BCUT2D eigenvalue weighted by Gasteiger charge is 2.24. The molecule has 1 saturated heterocycles. The minimum absolute atomic E-state index is 0.557. The number of ether oxygens (including phenoxy) is 1. The molecule has 2 aromatic rings. The van der Waals surface area contributed by atoms with Gasteiger partial charge in [0.15, 0.2) is 0 Å². The van der Waals surface area contributed by atoms with Gasteiger partial charge in [-0.15, -0.1) is 0 Å². The van der Waals surface area contributed by atoms with Crippen LogP contribution in [0.1, 0.15) is 37.4 Å². The first-order chi connectivity index (χ1) is 11.8. The fourth-order valence-electron chi connectivity index (χ4n) is 4.39. The van der Waals surface area contributed by atoms with Crippen molar-refractivity contribution in [3.05, 3.63) is 29.5 Å². The van der Waals surface area contributed by atoms with Crippen LogP contribution >= 0.6 is 0 Å². The van der Waals surface area contributed by atoms with Gasteiger partial charge >= 0.3 is 0 Å². The Hall–Kier alpha value is -1.52. The van der Waals surface area contributed by atoms with Crippen molar-refractivity contribution in [3.63, 3.8) is 0 Å². The maximum absolute atomic E-state index is 5.46. The second-order valence-corrected chi connectivity index (χ2v) is 7.43. The summed E-state index contributed by atoms with van der Waals surface area (Å²) in [6, 6.07) is 7.12. The average Bonchev–Trinajstić information content (AvgIpc) is 2.92. The van der Waals surface area contributed by atoms with Gasteiger partial charge in [0.05, 0.1) is 7.11 Å². The molecule has 1 fully saturated rings. The fraction of sp³-hybridized carbons (Fsp3) is 0.600. The molecule has 0 amide bonds. The van der Waals surface area contributed by atoms with Crippen LogP contribution in [0.25, 0.3) is 10.9 Å². The van der Waals surface area contributed by atoms with E-state index < -0.39 is 0 Å². The van der Waals surface area contributed by atoms with Crippen molar-refractivity contribution >= 4 is 10.9 Å². The Morgan fingerprint density at radius 1 is 1.25 bits per heavy atom. The van der Waals surface area contributed by atoms with Gasteiger partial charge in [0.1, 0.15) is 5.75 Å². The van der Waals surface area contributed by atoms with Gasteiger partial charge in [0.25, 0.3) is 0 Å². The third kappa shape index (κ3) is 2.93. The molecule has 1 aromatic carbocycles. The molecule has 0 spiro atoms. The highest BCUT2D eigenvalue weighted by atomic mass is 16.5. The summed E-state index contributed by atoms with van der Waals surface area (Å²) in [5.74, 6) is 1.83. The van der Waals surface area contributed by atoms with E-state index in [2.05, 4.69) is 40.3 Å². The highest BCUT2D eigenvalue weighted by Crippen LogP contribution is 2.33. The maximum atomic E-state index is 5.46. The Balaban J connectivity index is 1.68. The lowest BCUT2D eigenvalue weighted by molar-refractivity contribution is 0.336. The number of fused-ring (bicyclic) bond motifs is 3. The van der Waals surface area contributed by atoms with Gasteiger partial charge in [0.2, 0.25) is 0 Å². The first-order valence-corrected chi connectivity index (χ1v) is 9.38. The largest absolute Gasteiger partial charge is 0.497 e. The molecule has 2 N–H and O–H groups in total. The molecule has 4 rings (SSSR count). The minimum atomic E-state index is 0.557. The van der Waals surface area contributed by atoms with Gasteiger partial charge in [0, 0.05) is 42.1 Å². The van der Waals surface area contributed by atoms with E-state index in [0.717, 1.165) is 31.2 Å². The molecular formula is C20H29N3O. The number of methoxy groups -OCH3 is 1. The maximum Gasteiger partial charge on any atom is 0.119 e. The van der Waals surface area contributed by atoms with Gasteiger partial charge in [-0.3, -0.25) is 0 Å². The molecule has 4 heteroatoms. The Morgan fingerprint density at radius 2 is 2.08 bits per heavy atom. The first-order valence-electron chi connectivity index (χ1n) is 9.38. The van der Waals surface area contributed by atoms with Crippen molar-refractivity contribution < 1.29 is 4.74 Å². The molecule has 4 nitrogen and oxygen atoms in total. The van der Waals surface area contributed by atoms with E-state index in [1.54, 1.807) is 12.8 Å². The van der Waals surface area contributed by atoms with Crippen LogP contribution in [-0.2, 0) is 19.5 Å². The number of rotatable bonds is 4. The Morgan fingerprint density at radius 3 is 2.88 bits per heavy atom. The second-order valence-electron chi connectivity index (χ2n) is 7.43. The monoisotopic (exact) mass is 327 g/mol. The Labute approximate surface area is 144 Å². The van der Waals surface area contributed by atoms with E-state index >= 15 is 0 Å². The number of hydrogen-bond donors (Lipinski definition) is 2. The first kappa shape index (κ1) is 16.0. The summed E-state index contributed by atoms with van der Waals surface area (Å²) in [6.45, 7) is 6.79. The highest BCUT2D eigenvalue weighted by molar-refractivity contribution is 5.87. The summed E-state index contributed by atoms with van der Waals surface area (Å²) in [5.41, 5.74) is 4.40. The lowest BCUT2D eigenvalue weighted by Crippen LogP contribution is -2.33. The van der Waals surface area contributed by atoms with Crippen LogP contribution < -0.4 is 15.4 Å². The van der Waals surface area contributed by atoms with Crippen molar-refractivity contribution in [2.75, 3.05) is 20.2 Å². The number of hydrogen-bond acceptors (Lipinski definition) is 3. The van der Waals surface area contributed by atoms with E-state index in [1.807, 2.05) is 0 Å². The number of nitrogens with zero attached hydrogens (tertiary/aromatic N) is 1. The van der Waals surface area contributed by atoms with Crippen LogP contribution in [0, 0.1) is 5.92 Å². The third-order valence-electron chi connectivity index (χ3n) is 5.84. The van der Waals surface area contributed by atoms with Gasteiger partial charge in [-0.1, -0.05) is 0 Å². The minimum Gasteiger partial charge on any atom is -0.497 e. The van der Waals surface area contributed by atoms with Gasteiger partial charge in [-0.25, -0.2) is 0 Å². The van der Waals surface area contributed by atoms with E-state index in [1.165, 1.54) is 48.8 Å². The van der Waals surface area contributed by atoms with Crippen LogP contribution in [0.5, 0.6) is 5.75 Å². The molecule has 24 heavy (non-hydrogen) atoms. The molecule has 130 valence electrons. The van der Waals surface area contributed by atoms with Crippen molar-refractivity contribution in [2.24, 2.45) is 5.92 Å². The Kier molecular flexibility index (Phi) is 4.51. The van der Waals surface area contributed by atoms with Crippen LogP contribution in [-0.4, -0.2) is 30.8 Å². The summed E-state index contributed by atoms with van der Waals surface area (Å²) in [5, 5.41) is 8.47. The standard InChI is InChI=1S/C20H29N3O/c1-14-11-20-18(13-22-14)17-12-16(24-2)3-4-19(17)23(20)10-7-15-5-8-21-9-6-15/h3-4,12,14-15,21-22H,5-11,13H2,1-2H3. The predicted molar refractivity (Wildman–Crippen MR) is 98.7 cm³/mol. The predicted octanol–water partition coefficient (Wildman–Crippen LogP) is 3.07. The van der Waals surface area contributed by atoms with E-state index in [-0.39, 0.29) is 0 Å². The second kappa shape index (κ2) is 6.77. The number of aromatic nitrogens is 1. The number of piperidine rings is 1. The average molecular weight is 327 g/mol. The molecule has 0 radical (unpaired) electrons. The molecule has 3 heterocycles. The summed E-state index contributed by atoms with van der Waals surface area (Å²) in [7, 11) is 1.75. The fourth-order valence-corrected chi connectivity index (χ4v) is 4.39. The molecule has 1 unspecified atom stereocenters. The van der Waals surface area contributed by atoms with E-state index in [0.29, 0.717) is 6.04 Å². The summed E-state index contributed by atoms with van der Waals surface area (Å²) in [4.78, 5) is 0. The van der Waals surface area contributed by atoms with Crippen molar-refractivity contribution in [3.8, 4) is 5.75 Å². The molecule has 0 bridgehead atoms. The van der Waals surface area contributed by atoms with Crippen molar-refractivity contribution in [1.29, 1.82) is 0 Å². The molecule has 0 saturated carbocycles. The van der Waals surface area contributed by atoms with E-state index in [4.69, 9.17) is 4.74 Å². The van der Waals surface area contributed by atoms with Gasteiger partial charge < -0.3 is 19.9 Å². The molecule has 1 atom stereocenters. The summed E-state index contributed by atoms with van der Waals surface area (Å²) >= 11 is 0. The topological polar surface area (TPSA) is 38.2 Å². The van der Waals surface area contributed by atoms with Crippen LogP contribution in [0.4, 0.5) is 0 Å². The smallest absolute Gasteiger partial charge is 0.119 e. The summed E-state index contributed by atoms with van der Waals surface area (Å²) in [6.07, 6.45) is 5.07. The molecular weight excluding hydrogens is 298 g/mol. The molecule has 1 aromatic heterocycles. The number of nitrogens with one attached hydrogen (secondary N) is 2. The summed E-state index contributed by atoms with van der Waals surface area (Å²) < 4.78 is 8.06. The SMILES string of the molecule is COc1ccc2c(c1)c1c(n2CCC2CCNCC2)CC(C)NC1. The third-order valence-corrected chi connectivity index (χ3v) is 5.84. The molecule has 2 aliphatic rings. The zero-order valence-corrected chi connectivity index (χ0v) is 14.9. The van der Waals surface area contributed by atoms with Crippen molar-refractivity contribution in [1.82, 2.24) is 15.2 Å². The van der Waals surface area contributed by atoms with Gasteiger partial charge in [-0.05, 0) is 69.0 Å². The van der Waals surface area contributed by atoms with Crippen LogP contribution in [0.3, 0.4) is 0 Å². The van der Waals surface area contributed by atoms with Crippen LogP contribution in [0.15, 0.2) is 18.2 Å². The molecule has 0 aliphatic carbocycles. The van der Waals surface area contributed by atoms with Gasteiger partial charge in [-0.2, -0.15) is 0 Å². The zero-order chi connectivity index (χ0) is 16.5.